The van der Waals surface area contributed by atoms with Gasteiger partial charge in [-0.05, 0) is 64.2 Å². The Labute approximate surface area is 397 Å². The lowest BCUT2D eigenvalue weighted by atomic mass is 9.91. The predicted molar refractivity (Wildman–Crippen MR) is 283 cm³/mol. The van der Waals surface area contributed by atoms with E-state index < -0.39 is 0 Å². The van der Waals surface area contributed by atoms with E-state index in [0.717, 1.165) is 61.5 Å². The van der Waals surface area contributed by atoms with Crippen LogP contribution in [0.4, 0.5) is 0 Å². The summed E-state index contributed by atoms with van der Waals surface area (Å²) in [6.45, 7) is 0. The Morgan fingerprint density at radius 1 is 0.338 bits per heavy atom. The summed E-state index contributed by atoms with van der Waals surface area (Å²) in [6, 6.07) is 81.2. The smallest absolute Gasteiger partial charge is 0.166 e. The van der Waals surface area contributed by atoms with Crippen molar-refractivity contribution in [2.75, 3.05) is 0 Å². The van der Waals surface area contributed by atoms with Crippen LogP contribution in [-0.2, 0) is 0 Å². The third kappa shape index (κ3) is 6.86. The van der Waals surface area contributed by atoms with Gasteiger partial charge in [0.15, 0.2) is 17.5 Å². The molecule has 0 saturated carbocycles. The number of aromatic nitrogens is 5. The molecule has 4 heterocycles. The predicted octanol–water partition coefficient (Wildman–Crippen LogP) is 16.4. The number of hydrogen-bond acceptors (Lipinski definition) is 5. The lowest BCUT2D eigenvalue weighted by Gasteiger charge is -2.15. The number of para-hydroxylation sites is 2. The highest BCUT2D eigenvalue weighted by Crippen LogP contribution is 2.45. The van der Waals surface area contributed by atoms with Crippen LogP contribution in [0.3, 0.4) is 0 Å². The van der Waals surface area contributed by atoms with Crippen molar-refractivity contribution < 1.29 is 0 Å². The first-order valence-electron chi connectivity index (χ1n) is 22.8. The molecule has 0 aliphatic heterocycles. The first-order chi connectivity index (χ1) is 33.7. The van der Waals surface area contributed by atoms with Gasteiger partial charge in [-0.25, -0.2) is 15.0 Å². The molecule has 318 valence electrons. The molecule has 0 N–H and O–H groups in total. The Balaban J connectivity index is 1.04. The van der Waals surface area contributed by atoms with Crippen molar-refractivity contribution >= 4 is 53.3 Å². The summed E-state index contributed by atoms with van der Waals surface area (Å²) >= 11 is 1.83. The van der Waals surface area contributed by atoms with Crippen LogP contribution in [0.15, 0.2) is 237 Å². The van der Waals surface area contributed by atoms with Gasteiger partial charge in [-0.2, -0.15) is 0 Å². The molecule has 9 aromatic carbocycles. The van der Waals surface area contributed by atoms with E-state index in [2.05, 4.69) is 174 Å². The van der Waals surface area contributed by atoms with Crippen molar-refractivity contribution in [3.05, 3.63) is 237 Å². The van der Waals surface area contributed by atoms with Gasteiger partial charge in [-0.15, -0.1) is 11.3 Å². The summed E-state index contributed by atoms with van der Waals surface area (Å²) in [5.41, 5.74) is 14.6. The maximum absolute atomic E-state index is 5.38. The van der Waals surface area contributed by atoms with Crippen molar-refractivity contribution in [2.45, 2.75) is 0 Å². The van der Waals surface area contributed by atoms with E-state index in [1.54, 1.807) is 0 Å². The van der Waals surface area contributed by atoms with Crippen LogP contribution >= 0.6 is 11.3 Å². The number of thiophene rings is 1. The van der Waals surface area contributed by atoms with Crippen LogP contribution < -0.4 is 0 Å². The van der Waals surface area contributed by atoms with Crippen molar-refractivity contribution in [3.8, 4) is 84.5 Å². The van der Waals surface area contributed by atoms with Crippen molar-refractivity contribution in [2.24, 2.45) is 0 Å². The molecular formula is C62H39N5S. The van der Waals surface area contributed by atoms with Crippen LogP contribution in [0.5, 0.6) is 0 Å². The van der Waals surface area contributed by atoms with E-state index in [4.69, 9.17) is 19.9 Å². The van der Waals surface area contributed by atoms with Crippen LogP contribution in [0.2, 0.25) is 0 Å². The molecule has 6 heteroatoms. The second-order valence-electron chi connectivity index (χ2n) is 17.0. The molecule has 0 unspecified atom stereocenters. The first-order valence-corrected chi connectivity index (χ1v) is 23.6. The third-order valence-electron chi connectivity index (χ3n) is 12.9. The van der Waals surface area contributed by atoms with Crippen molar-refractivity contribution in [3.63, 3.8) is 0 Å². The number of pyridine rings is 1. The third-order valence-corrected chi connectivity index (χ3v) is 14.1. The van der Waals surface area contributed by atoms with E-state index >= 15 is 0 Å². The normalized spacial score (nSPS) is 11.5. The Kier molecular flexibility index (Phi) is 9.62. The van der Waals surface area contributed by atoms with Gasteiger partial charge in [0.25, 0.3) is 0 Å². The molecule has 13 aromatic rings. The second-order valence-corrected chi connectivity index (χ2v) is 18.0. The summed E-state index contributed by atoms with van der Waals surface area (Å²) in [5, 5.41) is 4.93. The van der Waals surface area contributed by atoms with Crippen LogP contribution in [0.1, 0.15) is 0 Å². The molecule has 0 radical (unpaired) electrons. The topological polar surface area (TPSA) is 56.5 Å². The maximum atomic E-state index is 5.38. The fourth-order valence-corrected chi connectivity index (χ4v) is 11.0. The number of rotatable bonds is 8. The lowest BCUT2D eigenvalue weighted by molar-refractivity contribution is 1.07. The SMILES string of the molecule is c1ccc(-c2nc(-c3ccccc3)nc(-c3cc(-c4ccc(-c5ccccc5)c(-c5ccccc5)c4)cnc3-c3ccc4c(c3)sc3c4ccc4c5ccccc5n(-c5ccccc5)c43)n2)cc1. The van der Waals surface area contributed by atoms with E-state index in [9.17, 15) is 0 Å². The van der Waals surface area contributed by atoms with Crippen LogP contribution in [0, 0.1) is 0 Å². The number of fused-ring (bicyclic) bond motifs is 7. The zero-order chi connectivity index (χ0) is 45.0. The average molecular weight is 886 g/mol. The van der Waals surface area contributed by atoms with Crippen molar-refractivity contribution in [1.82, 2.24) is 24.5 Å². The largest absolute Gasteiger partial charge is 0.308 e. The van der Waals surface area contributed by atoms with Gasteiger partial charge in [0.2, 0.25) is 0 Å². The highest BCUT2D eigenvalue weighted by Gasteiger charge is 2.22. The molecule has 0 aliphatic carbocycles. The quantitative estimate of drug-likeness (QED) is 0.153. The minimum Gasteiger partial charge on any atom is -0.308 e. The molecule has 4 aromatic heterocycles. The molecule has 0 bridgehead atoms. The molecule has 68 heavy (non-hydrogen) atoms. The minimum atomic E-state index is 0.553. The number of benzene rings is 9. The van der Waals surface area contributed by atoms with Gasteiger partial charge in [0.05, 0.1) is 21.4 Å². The Hall–Kier alpha value is -8.84. The van der Waals surface area contributed by atoms with Gasteiger partial charge in [0.1, 0.15) is 0 Å². The van der Waals surface area contributed by atoms with Gasteiger partial charge in [-0.3, -0.25) is 4.98 Å². The molecule has 0 aliphatic rings. The molecule has 0 spiro atoms. The average Bonchev–Trinajstić information content (AvgIpc) is 3.97. The Morgan fingerprint density at radius 3 is 1.54 bits per heavy atom. The zero-order valence-corrected chi connectivity index (χ0v) is 37.5. The number of hydrogen-bond donors (Lipinski definition) is 0. The van der Waals surface area contributed by atoms with Crippen LogP contribution in [0.25, 0.3) is 126 Å². The molecule has 13 rings (SSSR count). The molecule has 0 amide bonds. The maximum Gasteiger partial charge on any atom is 0.166 e. The summed E-state index contributed by atoms with van der Waals surface area (Å²) in [7, 11) is 0. The summed E-state index contributed by atoms with van der Waals surface area (Å²) in [4.78, 5) is 21.0. The van der Waals surface area contributed by atoms with E-state index in [1.807, 2.05) is 78.2 Å². The van der Waals surface area contributed by atoms with Gasteiger partial charge in [0, 0.05) is 65.9 Å². The Bertz CT molecular complexity index is 3940. The minimum absolute atomic E-state index is 0.553. The Morgan fingerprint density at radius 2 is 0.868 bits per heavy atom. The van der Waals surface area contributed by atoms with Gasteiger partial charge in [-0.1, -0.05) is 194 Å². The molecule has 0 fully saturated rings. The monoisotopic (exact) mass is 885 g/mol. The standard InChI is InChI=1S/C62H39N5S/c1-6-18-40(19-7-1)48-32-30-44(36-53(48)41-20-8-2-9-21-41)46-37-54(62-65-60(42-22-10-3-11-23-42)64-61(66-62)43-24-12-4-13-25-43)57(63-39-46)45-31-33-50-52-35-34-51-49-28-16-17-29-55(49)67(47-26-14-5-15-27-47)58(51)59(52)68-56(50)38-45/h1-39H. The van der Waals surface area contributed by atoms with Gasteiger partial charge >= 0.3 is 0 Å². The van der Waals surface area contributed by atoms with Crippen molar-refractivity contribution in [1.29, 1.82) is 0 Å². The molecule has 5 nitrogen and oxygen atoms in total. The molecule has 0 saturated heterocycles. The van der Waals surface area contributed by atoms with Gasteiger partial charge < -0.3 is 4.57 Å². The summed E-state index contributed by atoms with van der Waals surface area (Å²) in [5.74, 6) is 1.75. The zero-order valence-electron chi connectivity index (χ0n) is 36.7. The van der Waals surface area contributed by atoms with Crippen LogP contribution in [-0.4, -0.2) is 24.5 Å². The summed E-state index contributed by atoms with van der Waals surface area (Å²) in [6.07, 6.45) is 2.00. The van der Waals surface area contributed by atoms with E-state index in [0.29, 0.717) is 17.5 Å². The fourth-order valence-electron chi connectivity index (χ4n) is 9.68. The first kappa shape index (κ1) is 39.5. The van der Waals surface area contributed by atoms with E-state index in [-0.39, 0.29) is 0 Å². The second kappa shape index (κ2) is 16.5. The number of nitrogens with zero attached hydrogens (tertiary/aromatic N) is 5. The van der Waals surface area contributed by atoms with E-state index in [1.165, 1.54) is 47.5 Å². The molecular weight excluding hydrogens is 847 g/mol. The highest BCUT2D eigenvalue weighted by atomic mass is 32.1. The lowest BCUT2D eigenvalue weighted by Crippen LogP contribution is -2.02. The highest BCUT2D eigenvalue weighted by molar-refractivity contribution is 7.26. The molecule has 0 atom stereocenters. The summed E-state index contributed by atoms with van der Waals surface area (Å²) < 4.78 is 4.86. The fraction of sp³-hybridized carbons (Fsp3) is 0.